The van der Waals surface area contributed by atoms with Crippen molar-refractivity contribution in [1.29, 1.82) is 0 Å². The minimum absolute atomic E-state index is 0.322. The first-order valence-corrected chi connectivity index (χ1v) is 8.94. The first kappa shape index (κ1) is 18.5. The van der Waals surface area contributed by atoms with Gasteiger partial charge in [0.2, 0.25) is 0 Å². The number of methoxy groups -OCH3 is 1. The molecule has 138 valence electrons. The number of benzene rings is 2. The van der Waals surface area contributed by atoms with Crippen LogP contribution in [-0.4, -0.2) is 23.0 Å². The van der Waals surface area contributed by atoms with Crippen LogP contribution < -0.4 is 21.3 Å². The molecule has 1 amide bonds. The second-order valence-corrected chi connectivity index (χ2v) is 6.70. The van der Waals surface area contributed by atoms with E-state index in [0.29, 0.717) is 27.8 Å². The first-order chi connectivity index (χ1) is 13.1. The van der Waals surface area contributed by atoms with Crippen molar-refractivity contribution in [3.63, 3.8) is 0 Å². The van der Waals surface area contributed by atoms with Crippen LogP contribution in [-0.2, 0) is 0 Å². The Kier molecular flexibility index (Phi) is 5.77. The van der Waals surface area contributed by atoms with Crippen molar-refractivity contribution in [3.8, 4) is 5.75 Å². The molecular formula is C19H19N5O2S. The number of hydrogen-bond donors (Lipinski definition) is 3. The molecule has 0 atom stereocenters. The van der Waals surface area contributed by atoms with Crippen molar-refractivity contribution in [2.45, 2.75) is 16.8 Å². The molecule has 8 heteroatoms. The molecule has 0 spiro atoms. The Bertz CT molecular complexity index is 947. The van der Waals surface area contributed by atoms with E-state index in [9.17, 15) is 4.79 Å². The number of ether oxygens (including phenoxy) is 1. The molecule has 1 aromatic heterocycles. The lowest BCUT2D eigenvalue weighted by Gasteiger charge is -2.13. The summed E-state index contributed by atoms with van der Waals surface area (Å²) < 4.78 is 5.19. The smallest absolute Gasteiger partial charge is 0.273 e. The molecule has 0 aliphatic rings. The van der Waals surface area contributed by atoms with Crippen molar-refractivity contribution in [3.05, 3.63) is 66.0 Å². The normalized spacial score (nSPS) is 10.3. The number of hydrogen-bond acceptors (Lipinski definition) is 7. The fraction of sp³-hybridized carbons (Fsp3) is 0.105. The molecule has 0 bridgehead atoms. The Hall–Kier alpha value is -3.26. The summed E-state index contributed by atoms with van der Waals surface area (Å²) in [6.07, 6.45) is 1.39. The van der Waals surface area contributed by atoms with Gasteiger partial charge in [0, 0.05) is 4.90 Å². The van der Waals surface area contributed by atoms with Gasteiger partial charge in [-0.05, 0) is 31.2 Å². The van der Waals surface area contributed by atoms with E-state index in [1.807, 2.05) is 31.2 Å². The van der Waals surface area contributed by atoms with Crippen molar-refractivity contribution in [1.82, 2.24) is 15.4 Å². The second kappa shape index (κ2) is 8.41. The highest BCUT2D eigenvalue weighted by Gasteiger charge is 2.13. The average molecular weight is 381 g/mol. The zero-order valence-electron chi connectivity index (χ0n) is 14.9. The largest absolute Gasteiger partial charge is 0.496 e. The van der Waals surface area contributed by atoms with E-state index in [-0.39, 0.29) is 5.91 Å². The molecule has 0 radical (unpaired) electrons. The first-order valence-electron chi connectivity index (χ1n) is 8.13. The Morgan fingerprint density at radius 1 is 1.11 bits per heavy atom. The molecule has 0 saturated heterocycles. The van der Waals surface area contributed by atoms with Gasteiger partial charge in [0.1, 0.15) is 22.8 Å². The van der Waals surface area contributed by atoms with Gasteiger partial charge in [-0.3, -0.25) is 15.6 Å². The number of nitrogens with two attached hydrogens (primary N) is 1. The Morgan fingerprint density at radius 3 is 2.59 bits per heavy atom. The molecule has 0 saturated carbocycles. The molecule has 4 N–H and O–H groups in total. The summed E-state index contributed by atoms with van der Waals surface area (Å²) in [4.78, 5) is 21.7. The molecule has 3 rings (SSSR count). The van der Waals surface area contributed by atoms with Gasteiger partial charge in [0.05, 0.1) is 12.7 Å². The number of anilines is 2. The molecular weight excluding hydrogens is 362 g/mol. The standard InChI is InChI=1S/C19H19N5O2S/c1-12-7-9-13(10-8-12)27-19-16(20)17(21-11-22-19)23-24-18(25)14-5-3-4-6-15(14)26-2/h3-11H,20H2,1-2H3,(H,24,25)(H,21,22,23). The van der Waals surface area contributed by atoms with Crippen molar-refractivity contribution in [2.24, 2.45) is 0 Å². The van der Waals surface area contributed by atoms with Gasteiger partial charge in [-0.15, -0.1) is 0 Å². The van der Waals surface area contributed by atoms with E-state index >= 15 is 0 Å². The predicted molar refractivity (Wildman–Crippen MR) is 106 cm³/mol. The lowest BCUT2D eigenvalue weighted by Crippen LogP contribution is -2.30. The van der Waals surface area contributed by atoms with E-state index in [0.717, 1.165) is 4.90 Å². The minimum atomic E-state index is -0.363. The van der Waals surface area contributed by atoms with E-state index < -0.39 is 0 Å². The lowest BCUT2D eigenvalue weighted by atomic mass is 10.2. The molecule has 0 fully saturated rings. The van der Waals surface area contributed by atoms with Gasteiger partial charge in [-0.1, -0.05) is 41.6 Å². The molecule has 7 nitrogen and oxygen atoms in total. The fourth-order valence-corrected chi connectivity index (χ4v) is 3.10. The number of nitrogens with one attached hydrogen (secondary N) is 2. The molecule has 0 aliphatic carbocycles. The van der Waals surface area contributed by atoms with Crippen LogP contribution in [0.1, 0.15) is 15.9 Å². The second-order valence-electron chi connectivity index (χ2n) is 5.64. The van der Waals surface area contributed by atoms with E-state index in [4.69, 9.17) is 10.5 Å². The third-order valence-electron chi connectivity index (χ3n) is 3.73. The summed E-state index contributed by atoms with van der Waals surface area (Å²) in [6, 6.07) is 15.0. The van der Waals surface area contributed by atoms with E-state index in [1.54, 1.807) is 24.3 Å². The SMILES string of the molecule is COc1ccccc1C(=O)NNc1ncnc(Sc2ccc(C)cc2)c1N. The van der Waals surface area contributed by atoms with Crippen LogP contribution in [0.5, 0.6) is 5.75 Å². The maximum atomic E-state index is 12.4. The summed E-state index contributed by atoms with van der Waals surface area (Å²) in [5, 5.41) is 0.600. The number of carbonyl (C=O) groups is 1. The quantitative estimate of drug-likeness (QED) is 0.445. The fourth-order valence-electron chi connectivity index (χ4n) is 2.29. The van der Waals surface area contributed by atoms with Crippen molar-refractivity contribution >= 4 is 29.2 Å². The monoisotopic (exact) mass is 381 g/mol. The number of nitrogens with zero attached hydrogens (tertiary/aromatic N) is 2. The average Bonchev–Trinajstić information content (AvgIpc) is 2.70. The number of amides is 1. The molecule has 1 heterocycles. The lowest BCUT2D eigenvalue weighted by molar-refractivity contribution is 0.0959. The number of aryl methyl sites for hydroxylation is 1. The molecule has 2 aromatic carbocycles. The van der Waals surface area contributed by atoms with Crippen LogP contribution in [0, 0.1) is 6.92 Å². The number of nitrogen functional groups attached to an aromatic ring is 1. The number of para-hydroxylation sites is 1. The Balaban J connectivity index is 1.72. The molecule has 3 aromatic rings. The van der Waals surface area contributed by atoms with Gasteiger partial charge in [0.15, 0.2) is 5.82 Å². The number of hydrazine groups is 1. The van der Waals surface area contributed by atoms with Crippen LogP contribution in [0.3, 0.4) is 0 Å². The summed E-state index contributed by atoms with van der Waals surface area (Å²) in [7, 11) is 1.51. The van der Waals surface area contributed by atoms with Crippen LogP contribution in [0.4, 0.5) is 11.5 Å². The molecule has 0 unspecified atom stereocenters. The number of rotatable bonds is 6. The maximum absolute atomic E-state index is 12.4. The predicted octanol–water partition coefficient (Wildman–Crippen LogP) is 3.28. The van der Waals surface area contributed by atoms with Crippen LogP contribution >= 0.6 is 11.8 Å². The highest BCUT2D eigenvalue weighted by molar-refractivity contribution is 7.99. The van der Waals surface area contributed by atoms with Gasteiger partial charge in [0.25, 0.3) is 5.91 Å². The molecule has 0 aliphatic heterocycles. The van der Waals surface area contributed by atoms with Crippen LogP contribution in [0.25, 0.3) is 0 Å². The zero-order valence-corrected chi connectivity index (χ0v) is 15.7. The minimum Gasteiger partial charge on any atom is -0.496 e. The third-order valence-corrected chi connectivity index (χ3v) is 4.76. The van der Waals surface area contributed by atoms with Gasteiger partial charge < -0.3 is 10.5 Å². The third kappa shape index (κ3) is 4.48. The van der Waals surface area contributed by atoms with Crippen LogP contribution in [0.2, 0.25) is 0 Å². The summed E-state index contributed by atoms with van der Waals surface area (Å²) in [5.41, 5.74) is 13.4. The van der Waals surface area contributed by atoms with E-state index in [1.165, 1.54) is 30.8 Å². The van der Waals surface area contributed by atoms with E-state index in [2.05, 4.69) is 20.8 Å². The van der Waals surface area contributed by atoms with Crippen molar-refractivity contribution in [2.75, 3.05) is 18.3 Å². The van der Waals surface area contributed by atoms with Gasteiger partial charge >= 0.3 is 0 Å². The Morgan fingerprint density at radius 2 is 1.85 bits per heavy atom. The zero-order chi connectivity index (χ0) is 19.2. The number of aromatic nitrogens is 2. The topological polar surface area (TPSA) is 102 Å². The Labute approximate surface area is 161 Å². The summed E-state index contributed by atoms with van der Waals surface area (Å²) in [5.74, 6) is 0.434. The number of carbonyl (C=O) groups excluding carboxylic acids is 1. The highest BCUT2D eigenvalue weighted by atomic mass is 32.2. The van der Waals surface area contributed by atoms with Crippen LogP contribution in [0.15, 0.2) is 64.8 Å². The highest BCUT2D eigenvalue weighted by Crippen LogP contribution is 2.32. The summed E-state index contributed by atoms with van der Waals surface area (Å²) >= 11 is 1.42. The van der Waals surface area contributed by atoms with Gasteiger partial charge in [-0.2, -0.15) is 0 Å². The maximum Gasteiger partial charge on any atom is 0.273 e. The summed E-state index contributed by atoms with van der Waals surface area (Å²) in [6.45, 7) is 2.03. The molecule has 27 heavy (non-hydrogen) atoms. The van der Waals surface area contributed by atoms with Gasteiger partial charge in [-0.25, -0.2) is 9.97 Å². The van der Waals surface area contributed by atoms with Crippen molar-refractivity contribution < 1.29 is 9.53 Å².